The molecule has 0 aliphatic carbocycles. The molecule has 0 radical (unpaired) electrons. The summed E-state index contributed by atoms with van der Waals surface area (Å²) in [6, 6.07) is 2.76. The van der Waals surface area contributed by atoms with Crippen molar-refractivity contribution in [1.29, 1.82) is 0 Å². The Morgan fingerprint density at radius 1 is 1.35 bits per heavy atom. The van der Waals surface area contributed by atoms with E-state index in [2.05, 4.69) is 10.4 Å². The summed E-state index contributed by atoms with van der Waals surface area (Å²) in [5.41, 5.74) is 2.20. The number of nitrogens with one attached hydrogen (secondary N) is 1. The van der Waals surface area contributed by atoms with Gasteiger partial charge >= 0.3 is 5.97 Å². The zero-order valence-electron chi connectivity index (χ0n) is 13.5. The number of hydrogen-bond donors (Lipinski definition) is 2. The molecule has 2 heterocycles. The number of aromatic nitrogens is 3. The molecule has 124 valence electrons. The van der Waals surface area contributed by atoms with Gasteiger partial charge in [-0.3, -0.25) is 9.48 Å². The Labute approximate surface area is 133 Å². The van der Waals surface area contributed by atoms with Crippen LogP contribution in [0.1, 0.15) is 21.7 Å². The summed E-state index contributed by atoms with van der Waals surface area (Å²) >= 11 is 0. The van der Waals surface area contributed by atoms with Crippen LogP contribution in [0.15, 0.2) is 18.3 Å². The van der Waals surface area contributed by atoms with Gasteiger partial charge in [0.05, 0.1) is 12.8 Å². The van der Waals surface area contributed by atoms with Crippen LogP contribution in [-0.4, -0.2) is 51.1 Å². The van der Waals surface area contributed by atoms with Crippen LogP contribution in [-0.2, 0) is 16.6 Å². The number of carboxylic acid groups (broad SMARTS) is 1. The lowest BCUT2D eigenvalue weighted by atomic mass is 10.2. The van der Waals surface area contributed by atoms with Gasteiger partial charge in [0.1, 0.15) is 11.4 Å². The highest BCUT2D eigenvalue weighted by atomic mass is 16.5. The standard InChI is InChI=1S/C15H20N4O4/c1-9-5-6-10(2)19(9)14-11(7-16-18(14)3)13(20)17-12(8-23-4)15(21)22/h5-7,12H,8H2,1-4H3,(H,17,20)(H,21,22). The summed E-state index contributed by atoms with van der Waals surface area (Å²) in [4.78, 5) is 23.7. The topological polar surface area (TPSA) is 98.4 Å². The van der Waals surface area contributed by atoms with E-state index < -0.39 is 17.9 Å². The lowest BCUT2D eigenvalue weighted by Crippen LogP contribution is -2.44. The van der Waals surface area contributed by atoms with Crippen molar-refractivity contribution < 1.29 is 19.4 Å². The number of methoxy groups -OCH3 is 1. The van der Waals surface area contributed by atoms with Gasteiger partial charge in [-0.05, 0) is 26.0 Å². The molecule has 23 heavy (non-hydrogen) atoms. The summed E-state index contributed by atoms with van der Waals surface area (Å²) in [6.45, 7) is 3.73. The molecule has 0 aliphatic rings. The van der Waals surface area contributed by atoms with Crippen molar-refractivity contribution in [2.24, 2.45) is 7.05 Å². The number of hydrogen-bond acceptors (Lipinski definition) is 4. The first-order valence-corrected chi connectivity index (χ1v) is 7.06. The molecular weight excluding hydrogens is 300 g/mol. The normalized spacial score (nSPS) is 12.2. The van der Waals surface area contributed by atoms with E-state index in [1.807, 2.05) is 30.5 Å². The molecule has 8 nitrogen and oxygen atoms in total. The molecule has 1 atom stereocenters. The highest BCUT2D eigenvalue weighted by Crippen LogP contribution is 2.19. The van der Waals surface area contributed by atoms with Crippen molar-refractivity contribution in [3.8, 4) is 5.82 Å². The average molecular weight is 320 g/mol. The summed E-state index contributed by atoms with van der Waals surface area (Å²) in [5, 5.41) is 15.7. The maximum atomic E-state index is 12.5. The second-order valence-corrected chi connectivity index (χ2v) is 5.28. The summed E-state index contributed by atoms with van der Waals surface area (Å²) in [7, 11) is 3.11. The largest absolute Gasteiger partial charge is 0.480 e. The van der Waals surface area contributed by atoms with Gasteiger partial charge in [-0.1, -0.05) is 0 Å². The van der Waals surface area contributed by atoms with Gasteiger partial charge < -0.3 is 19.7 Å². The Kier molecular flexibility index (Phi) is 4.85. The number of rotatable bonds is 6. The van der Waals surface area contributed by atoms with Crippen molar-refractivity contribution in [1.82, 2.24) is 19.7 Å². The zero-order valence-corrected chi connectivity index (χ0v) is 13.5. The smallest absolute Gasteiger partial charge is 0.328 e. The number of amides is 1. The number of nitrogens with zero attached hydrogens (tertiary/aromatic N) is 3. The SMILES string of the molecule is COCC(NC(=O)c1cnn(C)c1-n1c(C)ccc1C)C(=O)O. The molecule has 1 amide bonds. The molecule has 0 bridgehead atoms. The molecular formula is C15H20N4O4. The third kappa shape index (κ3) is 3.26. The van der Waals surface area contributed by atoms with Crippen LogP contribution in [0, 0.1) is 13.8 Å². The summed E-state index contributed by atoms with van der Waals surface area (Å²) in [6.07, 6.45) is 1.43. The van der Waals surface area contributed by atoms with E-state index >= 15 is 0 Å². The van der Waals surface area contributed by atoms with E-state index in [4.69, 9.17) is 9.84 Å². The summed E-state index contributed by atoms with van der Waals surface area (Å²) < 4.78 is 8.31. The average Bonchev–Trinajstić information content (AvgIpc) is 3.01. The maximum Gasteiger partial charge on any atom is 0.328 e. The number of carboxylic acids is 1. The minimum atomic E-state index is -1.15. The van der Waals surface area contributed by atoms with Gasteiger partial charge in [-0.2, -0.15) is 5.10 Å². The van der Waals surface area contributed by atoms with E-state index in [0.29, 0.717) is 11.4 Å². The van der Waals surface area contributed by atoms with Crippen molar-refractivity contribution in [2.45, 2.75) is 19.9 Å². The fraction of sp³-hybridized carbons (Fsp3) is 0.400. The van der Waals surface area contributed by atoms with E-state index in [0.717, 1.165) is 11.4 Å². The Hall–Kier alpha value is -2.61. The fourth-order valence-corrected chi connectivity index (χ4v) is 2.44. The van der Waals surface area contributed by atoms with Crippen molar-refractivity contribution in [2.75, 3.05) is 13.7 Å². The Bertz CT molecular complexity index is 712. The highest BCUT2D eigenvalue weighted by Gasteiger charge is 2.25. The molecule has 0 aromatic carbocycles. The second kappa shape index (κ2) is 6.66. The molecule has 2 N–H and O–H groups in total. The number of carbonyl (C=O) groups is 2. The van der Waals surface area contributed by atoms with Crippen molar-refractivity contribution in [3.05, 3.63) is 35.3 Å². The van der Waals surface area contributed by atoms with Crippen molar-refractivity contribution in [3.63, 3.8) is 0 Å². The first-order valence-electron chi connectivity index (χ1n) is 7.06. The summed E-state index contributed by atoms with van der Waals surface area (Å²) in [5.74, 6) is -1.08. The molecule has 1 unspecified atom stereocenters. The van der Waals surface area contributed by atoms with E-state index in [-0.39, 0.29) is 6.61 Å². The molecule has 8 heteroatoms. The van der Waals surface area contributed by atoms with Crippen LogP contribution in [0.4, 0.5) is 0 Å². The van der Waals surface area contributed by atoms with Gasteiger partial charge in [-0.15, -0.1) is 0 Å². The van der Waals surface area contributed by atoms with Gasteiger partial charge in [0.2, 0.25) is 0 Å². The molecule has 2 rings (SSSR count). The Balaban J connectivity index is 2.38. The van der Waals surface area contributed by atoms with Gasteiger partial charge in [0.15, 0.2) is 6.04 Å². The molecule has 0 aliphatic heterocycles. The number of carbonyl (C=O) groups excluding carboxylic acids is 1. The van der Waals surface area contributed by atoms with E-state index in [1.54, 1.807) is 11.7 Å². The van der Waals surface area contributed by atoms with Gasteiger partial charge in [-0.25, -0.2) is 4.79 Å². The van der Waals surface area contributed by atoms with Crippen LogP contribution >= 0.6 is 0 Å². The predicted molar refractivity (Wildman–Crippen MR) is 82.8 cm³/mol. The molecule has 2 aromatic rings. The molecule has 2 aromatic heterocycles. The minimum Gasteiger partial charge on any atom is -0.480 e. The van der Waals surface area contributed by atoms with Crippen molar-refractivity contribution >= 4 is 11.9 Å². The van der Waals surface area contributed by atoms with Gasteiger partial charge in [0, 0.05) is 25.5 Å². The number of aryl methyl sites for hydroxylation is 3. The minimum absolute atomic E-state index is 0.113. The third-order valence-electron chi connectivity index (χ3n) is 3.57. The van der Waals surface area contributed by atoms with Crippen LogP contribution in [0.3, 0.4) is 0 Å². The monoisotopic (exact) mass is 320 g/mol. The molecule has 0 spiro atoms. The maximum absolute atomic E-state index is 12.5. The second-order valence-electron chi connectivity index (χ2n) is 5.28. The Morgan fingerprint density at radius 3 is 2.48 bits per heavy atom. The first-order chi connectivity index (χ1) is 10.9. The Morgan fingerprint density at radius 2 is 1.96 bits per heavy atom. The van der Waals surface area contributed by atoms with Crippen LogP contribution in [0.2, 0.25) is 0 Å². The van der Waals surface area contributed by atoms with E-state index in [1.165, 1.54) is 13.3 Å². The number of ether oxygens (including phenoxy) is 1. The molecule has 0 fully saturated rings. The third-order valence-corrected chi connectivity index (χ3v) is 3.57. The highest BCUT2D eigenvalue weighted by molar-refractivity contribution is 5.99. The lowest BCUT2D eigenvalue weighted by molar-refractivity contribution is -0.140. The van der Waals surface area contributed by atoms with Crippen LogP contribution in [0.25, 0.3) is 5.82 Å². The predicted octanol–water partition coefficient (Wildman–Crippen LogP) is 0.657. The molecule has 0 saturated carbocycles. The fourth-order valence-electron chi connectivity index (χ4n) is 2.44. The number of aliphatic carboxylic acids is 1. The van der Waals surface area contributed by atoms with Crippen LogP contribution < -0.4 is 5.32 Å². The van der Waals surface area contributed by atoms with E-state index in [9.17, 15) is 9.59 Å². The van der Waals surface area contributed by atoms with Crippen LogP contribution in [0.5, 0.6) is 0 Å². The first kappa shape index (κ1) is 16.8. The zero-order chi connectivity index (χ0) is 17.1. The quantitative estimate of drug-likeness (QED) is 0.814. The molecule has 0 saturated heterocycles. The van der Waals surface area contributed by atoms with Gasteiger partial charge in [0.25, 0.3) is 5.91 Å². The lowest BCUT2D eigenvalue weighted by Gasteiger charge is -2.15.